The molecule has 0 heterocycles. The lowest BCUT2D eigenvalue weighted by atomic mass is 10.1. The number of carbonyl (C=O) groups excluding carboxylic acids is 2. The molecule has 0 bridgehead atoms. The maximum absolute atomic E-state index is 12.6. The summed E-state index contributed by atoms with van der Waals surface area (Å²) in [5.41, 5.74) is 2.03. The number of anilines is 2. The van der Waals surface area contributed by atoms with Crippen molar-refractivity contribution in [3.63, 3.8) is 0 Å². The number of nitrogens with one attached hydrogen (secondary N) is 3. The topological polar surface area (TPSA) is 113 Å². The lowest BCUT2D eigenvalue weighted by Crippen LogP contribution is -2.33. The van der Waals surface area contributed by atoms with Crippen molar-refractivity contribution in [2.45, 2.75) is 0 Å². The predicted molar refractivity (Wildman–Crippen MR) is 127 cm³/mol. The molecule has 3 N–H and O–H groups in total. The average molecular weight is 446 g/mol. The smallest absolute Gasteiger partial charge is 0.269 e. The van der Waals surface area contributed by atoms with Gasteiger partial charge in [-0.3, -0.25) is 25.0 Å². The fourth-order valence-electron chi connectivity index (χ4n) is 2.70. The van der Waals surface area contributed by atoms with Crippen LogP contribution in [0.25, 0.3) is 6.08 Å². The summed E-state index contributed by atoms with van der Waals surface area (Å²) >= 11 is 5.18. The normalized spacial score (nSPS) is 10.4. The maximum Gasteiger partial charge on any atom is 0.269 e. The Morgan fingerprint density at radius 1 is 0.875 bits per heavy atom. The van der Waals surface area contributed by atoms with Gasteiger partial charge < -0.3 is 10.6 Å². The molecule has 0 aliphatic rings. The molecule has 2 amide bonds. The molecule has 0 spiro atoms. The minimum absolute atomic E-state index is 0.0170. The van der Waals surface area contributed by atoms with Gasteiger partial charge in [-0.25, -0.2) is 0 Å². The third-order valence-electron chi connectivity index (χ3n) is 4.22. The Kier molecular flexibility index (Phi) is 7.39. The SMILES string of the molecule is O=C(/C=C/c1ccc([N+](=O)[O-])cc1)NC(=S)Nc1ccccc1C(=O)Nc1ccccc1. The maximum atomic E-state index is 12.6. The Morgan fingerprint density at radius 3 is 2.22 bits per heavy atom. The first-order valence-corrected chi connectivity index (χ1v) is 9.83. The molecule has 0 aliphatic carbocycles. The van der Waals surface area contributed by atoms with Crippen molar-refractivity contribution in [3.8, 4) is 0 Å². The number of non-ortho nitro benzene ring substituents is 1. The van der Waals surface area contributed by atoms with Crippen molar-refractivity contribution < 1.29 is 14.5 Å². The van der Waals surface area contributed by atoms with Crippen LogP contribution in [0.1, 0.15) is 15.9 Å². The molecule has 8 nitrogen and oxygen atoms in total. The van der Waals surface area contributed by atoms with E-state index >= 15 is 0 Å². The summed E-state index contributed by atoms with van der Waals surface area (Å²) in [4.78, 5) is 35.0. The Morgan fingerprint density at radius 2 is 1.53 bits per heavy atom. The first kappa shape index (κ1) is 22.3. The molecule has 0 aromatic heterocycles. The van der Waals surface area contributed by atoms with Crippen LogP contribution in [0.3, 0.4) is 0 Å². The molecule has 0 radical (unpaired) electrons. The summed E-state index contributed by atoms with van der Waals surface area (Å²) in [6.07, 6.45) is 2.76. The number of rotatable bonds is 6. The van der Waals surface area contributed by atoms with Crippen molar-refractivity contribution >= 4 is 52.3 Å². The van der Waals surface area contributed by atoms with Crippen molar-refractivity contribution in [1.82, 2.24) is 5.32 Å². The number of hydrogen-bond donors (Lipinski definition) is 3. The second-order valence-corrected chi connectivity index (χ2v) is 6.90. The Labute approximate surface area is 189 Å². The molecule has 3 aromatic rings. The number of carbonyl (C=O) groups is 2. The number of nitro groups is 1. The first-order chi connectivity index (χ1) is 15.4. The number of nitro benzene ring substituents is 1. The molecule has 0 saturated carbocycles. The van der Waals surface area contributed by atoms with Gasteiger partial charge in [0.25, 0.3) is 11.6 Å². The summed E-state index contributed by atoms with van der Waals surface area (Å²) < 4.78 is 0. The number of para-hydroxylation sites is 2. The van der Waals surface area contributed by atoms with Gasteiger partial charge in [0.15, 0.2) is 5.11 Å². The van der Waals surface area contributed by atoms with E-state index in [4.69, 9.17) is 12.2 Å². The second kappa shape index (κ2) is 10.6. The van der Waals surface area contributed by atoms with Gasteiger partial charge in [0, 0.05) is 23.9 Å². The van der Waals surface area contributed by atoms with E-state index in [-0.39, 0.29) is 16.7 Å². The molecular formula is C23H18N4O4S. The molecule has 3 aromatic carbocycles. The summed E-state index contributed by atoms with van der Waals surface area (Å²) in [6, 6.07) is 21.5. The van der Waals surface area contributed by atoms with Gasteiger partial charge >= 0.3 is 0 Å². The third-order valence-corrected chi connectivity index (χ3v) is 4.42. The van der Waals surface area contributed by atoms with E-state index in [9.17, 15) is 19.7 Å². The fourth-order valence-corrected chi connectivity index (χ4v) is 2.91. The highest BCUT2D eigenvalue weighted by Gasteiger charge is 2.13. The molecule has 160 valence electrons. The minimum Gasteiger partial charge on any atom is -0.332 e. The Hall–Kier alpha value is -4.37. The van der Waals surface area contributed by atoms with Gasteiger partial charge in [-0.2, -0.15) is 0 Å². The van der Waals surface area contributed by atoms with Crippen LogP contribution >= 0.6 is 12.2 Å². The highest BCUT2D eigenvalue weighted by atomic mass is 32.1. The van der Waals surface area contributed by atoms with E-state index in [2.05, 4.69) is 16.0 Å². The highest BCUT2D eigenvalue weighted by molar-refractivity contribution is 7.80. The fraction of sp³-hybridized carbons (Fsp3) is 0. The van der Waals surface area contributed by atoms with Crippen molar-refractivity contribution in [1.29, 1.82) is 0 Å². The van der Waals surface area contributed by atoms with Gasteiger partial charge in [-0.05, 0) is 60.3 Å². The molecular weight excluding hydrogens is 428 g/mol. The lowest BCUT2D eigenvalue weighted by Gasteiger charge is -2.13. The average Bonchev–Trinajstić information content (AvgIpc) is 2.79. The van der Waals surface area contributed by atoms with Crippen LogP contribution in [0.2, 0.25) is 0 Å². The van der Waals surface area contributed by atoms with Crippen LogP contribution in [0.15, 0.2) is 84.9 Å². The largest absolute Gasteiger partial charge is 0.332 e. The van der Waals surface area contributed by atoms with Crippen molar-refractivity contribution in [2.24, 2.45) is 0 Å². The molecule has 32 heavy (non-hydrogen) atoms. The number of thiocarbonyl (C=S) groups is 1. The van der Waals surface area contributed by atoms with E-state index in [1.54, 1.807) is 36.4 Å². The van der Waals surface area contributed by atoms with Gasteiger partial charge in [0.05, 0.1) is 16.2 Å². The predicted octanol–water partition coefficient (Wildman–Crippen LogP) is 4.37. The minimum atomic E-state index is -0.498. The molecule has 0 fully saturated rings. The molecule has 0 saturated heterocycles. The molecule has 9 heteroatoms. The quantitative estimate of drug-likeness (QED) is 0.224. The van der Waals surface area contributed by atoms with Crippen LogP contribution in [-0.4, -0.2) is 21.9 Å². The van der Waals surface area contributed by atoms with Crippen LogP contribution in [0, 0.1) is 10.1 Å². The van der Waals surface area contributed by atoms with Crippen LogP contribution in [0.4, 0.5) is 17.1 Å². The van der Waals surface area contributed by atoms with Crippen LogP contribution in [0.5, 0.6) is 0 Å². The lowest BCUT2D eigenvalue weighted by molar-refractivity contribution is -0.384. The zero-order chi connectivity index (χ0) is 22.9. The van der Waals surface area contributed by atoms with Gasteiger partial charge in [-0.1, -0.05) is 30.3 Å². The van der Waals surface area contributed by atoms with Gasteiger partial charge in [-0.15, -0.1) is 0 Å². The van der Waals surface area contributed by atoms with E-state index in [1.807, 2.05) is 18.2 Å². The summed E-state index contributed by atoms with van der Waals surface area (Å²) in [7, 11) is 0. The van der Waals surface area contributed by atoms with Gasteiger partial charge in [0.1, 0.15) is 0 Å². The number of hydrogen-bond acceptors (Lipinski definition) is 5. The summed E-state index contributed by atoms with van der Waals surface area (Å²) in [5, 5.41) is 18.9. The third kappa shape index (κ3) is 6.31. The van der Waals surface area contributed by atoms with E-state index < -0.39 is 10.8 Å². The molecule has 0 unspecified atom stereocenters. The van der Waals surface area contributed by atoms with Gasteiger partial charge in [0.2, 0.25) is 5.91 Å². The summed E-state index contributed by atoms with van der Waals surface area (Å²) in [5.74, 6) is -0.821. The van der Waals surface area contributed by atoms with E-state index in [1.165, 1.54) is 36.4 Å². The zero-order valence-electron chi connectivity index (χ0n) is 16.6. The van der Waals surface area contributed by atoms with Crippen LogP contribution < -0.4 is 16.0 Å². The Bertz CT molecular complexity index is 1180. The van der Waals surface area contributed by atoms with Crippen LogP contribution in [-0.2, 0) is 4.79 Å². The highest BCUT2D eigenvalue weighted by Crippen LogP contribution is 2.17. The second-order valence-electron chi connectivity index (χ2n) is 6.49. The molecule has 3 rings (SSSR count). The monoisotopic (exact) mass is 446 g/mol. The Balaban J connectivity index is 1.60. The molecule has 0 atom stereocenters. The van der Waals surface area contributed by atoms with E-state index in [0.29, 0.717) is 22.5 Å². The van der Waals surface area contributed by atoms with Crippen molar-refractivity contribution in [2.75, 3.05) is 10.6 Å². The number of benzene rings is 3. The first-order valence-electron chi connectivity index (χ1n) is 9.42. The zero-order valence-corrected chi connectivity index (χ0v) is 17.5. The number of amides is 2. The standard InChI is InChI=1S/C23H18N4O4S/c28-21(15-12-16-10-13-18(14-11-16)27(30)31)26-23(32)25-20-9-5-4-8-19(20)22(29)24-17-6-2-1-3-7-17/h1-15H,(H,24,29)(H2,25,26,28,32)/b15-12+. The van der Waals surface area contributed by atoms with Crippen molar-refractivity contribution in [3.05, 3.63) is 106 Å². The summed E-state index contributed by atoms with van der Waals surface area (Å²) in [6.45, 7) is 0. The number of nitrogens with zero attached hydrogens (tertiary/aromatic N) is 1. The van der Waals surface area contributed by atoms with E-state index in [0.717, 1.165) is 0 Å². The molecule has 0 aliphatic heterocycles.